The molecule has 0 heterocycles. The topological polar surface area (TPSA) is 104 Å². The summed E-state index contributed by atoms with van der Waals surface area (Å²) in [7, 11) is -3.91. The summed E-state index contributed by atoms with van der Waals surface area (Å²) in [6.07, 6.45) is 0.972. The average Bonchev–Trinajstić information content (AvgIpc) is 2.75. The summed E-state index contributed by atoms with van der Waals surface area (Å²) in [6, 6.07) is 9.92. The number of benzene rings is 2. The van der Waals surface area contributed by atoms with Gasteiger partial charge >= 0.3 is 0 Å². The quantitative estimate of drug-likeness (QED) is 0.464. The molecule has 8 nitrogen and oxygen atoms in total. The monoisotopic (exact) mass is 555 g/mol. The van der Waals surface area contributed by atoms with Crippen LogP contribution in [0.25, 0.3) is 0 Å². The number of carbonyl (C=O) groups is 3. The number of rotatable bonds is 9. The van der Waals surface area contributed by atoms with E-state index in [0.717, 1.165) is 10.6 Å². The van der Waals surface area contributed by atoms with Crippen molar-refractivity contribution in [3.8, 4) is 0 Å². The van der Waals surface area contributed by atoms with Crippen LogP contribution < -0.4 is 9.62 Å². The molecule has 0 spiro atoms. The van der Waals surface area contributed by atoms with E-state index in [2.05, 4.69) is 5.32 Å². The lowest BCUT2D eigenvalue weighted by molar-refractivity contribution is -0.140. The van der Waals surface area contributed by atoms with Gasteiger partial charge in [-0.05, 0) is 64.4 Å². The van der Waals surface area contributed by atoms with Gasteiger partial charge in [0.05, 0.1) is 22.0 Å². The number of carbonyl (C=O) groups excluding carboxylic acids is 3. The second kappa shape index (κ2) is 11.6. The molecule has 36 heavy (non-hydrogen) atoms. The molecule has 0 radical (unpaired) electrons. The molecule has 0 aliphatic rings. The number of ketones is 1. The Morgan fingerprint density at radius 2 is 1.67 bits per heavy atom. The van der Waals surface area contributed by atoms with Crippen molar-refractivity contribution in [2.75, 3.05) is 17.1 Å². The van der Waals surface area contributed by atoms with Gasteiger partial charge in [-0.25, -0.2) is 8.42 Å². The average molecular weight is 557 g/mol. The molecule has 0 aromatic heterocycles. The minimum absolute atomic E-state index is 0.0143. The van der Waals surface area contributed by atoms with Crippen LogP contribution in [0.5, 0.6) is 0 Å². The molecule has 1 N–H and O–H groups in total. The van der Waals surface area contributed by atoms with Crippen molar-refractivity contribution in [3.05, 3.63) is 63.6 Å². The molecule has 2 aromatic carbocycles. The number of amides is 2. The number of nitrogens with one attached hydrogen (secondary N) is 1. The van der Waals surface area contributed by atoms with Gasteiger partial charge < -0.3 is 10.2 Å². The Hall–Kier alpha value is -2.62. The number of hydrogen-bond donors (Lipinski definition) is 1. The lowest BCUT2D eigenvalue weighted by Crippen LogP contribution is -2.54. The van der Waals surface area contributed by atoms with Gasteiger partial charge in [0.15, 0.2) is 5.78 Å². The molecule has 0 saturated carbocycles. The number of Topliss-reactive ketones (excluding diaryl/α,β-unsaturated/α-hetero) is 1. The molecular formula is C25H31Cl2N3O5S. The summed E-state index contributed by atoms with van der Waals surface area (Å²) >= 11 is 12.2. The number of hydrogen-bond acceptors (Lipinski definition) is 5. The van der Waals surface area contributed by atoms with Crippen LogP contribution in [0.1, 0.15) is 50.5 Å². The Kier molecular flexibility index (Phi) is 9.56. The maximum Gasteiger partial charge on any atom is 0.244 e. The van der Waals surface area contributed by atoms with Crippen LogP contribution in [-0.4, -0.2) is 55.3 Å². The lowest BCUT2D eigenvalue weighted by atomic mass is 10.1. The van der Waals surface area contributed by atoms with Crippen LogP contribution >= 0.6 is 23.2 Å². The van der Waals surface area contributed by atoms with Crippen LogP contribution in [0.15, 0.2) is 42.5 Å². The largest absolute Gasteiger partial charge is 0.350 e. The minimum Gasteiger partial charge on any atom is -0.350 e. The van der Waals surface area contributed by atoms with Gasteiger partial charge in [-0.3, -0.25) is 18.7 Å². The Labute approximate surface area is 222 Å². The Morgan fingerprint density at radius 1 is 1.03 bits per heavy atom. The summed E-state index contributed by atoms with van der Waals surface area (Å²) in [5.41, 5.74) is 0.534. The van der Waals surface area contributed by atoms with Crippen LogP contribution in [0.4, 0.5) is 5.69 Å². The summed E-state index contributed by atoms with van der Waals surface area (Å²) in [5.74, 6) is -1.26. The van der Waals surface area contributed by atoms with Crippen molar-refractivity contribution in [3.63, 3.8) is 0 Å². The van der Waals surface area contributed by atoms with E-state index < -0.39 is 40.0 Å². The Bertz CT molecular complexity index is 1260. The Balaban J connectivity index is 2.47. The van der Waals surface area contributed by atoms with E-state index in [1.165, 1.54) is 24.0 Å². The fraction of sp³-hybridized carbons (Fsp3) is 0.400. The van der Waals surface area contributed by atoms with Gasteiger partial charge in [0.25, 0.3) is 0 Å². The van der Waals surface area contributed by atoms with Gasteiger partial charge in [0.2, 0.25) is 21.8 Å². The first-order chi connectivity index (χ1) is 16.5. The van der Waals surface area contributed by atoms with Gasteiger partial charge in [0, 0.05) is 17.6 Å². The third-order valence-electron chi connectivity index (χ3n) is 5.22. The SMILES string of the molecule is CC(=O)c1cccc(N(CC(=O)N(Cc2ccc(Cl)c(Cl)c2)[C@H](C)C(=O)NC(C)(C)C)S(C)(=O)=O)c1. The molecule has 0 aliphatic heterocycles. The fourth-order valence-electron chi connectivity index (χ4n) is 3.39. The lowest BCUT2D eigenvalue weighted by Gasteiger charge is -2.33. The zero-order valence-electron chi connectivity index (χ0n) is 21.1. The number of sulfonamides is 1. The molecule has 0 bridgehead atoms. The maximum atomic E-state index is 13.6. The van der Waals surface area contributed by atoms with Crippen LogP contribution in [-0.2, 0) is 26.2 Å². The summed E-state index contributed by atoms with van der Waals surface area (Å²) in [5, 5.41) is 3.47. The van der Waals surface area contributed by atoms with E-state index in [9.17, 15) is 22.8 Å². The highest BCUT2D eigenvalue weighted by molar-refractivity contribution is 7.92. The van der Waals surface area contributed by atoms with Gasteiger partial charge in [-0.1, -0.05) is 41.4 Å². The molecule has 0 fully saturated rings. The molecular weight excluding hydrogens is 525 g/mol. The first kappa shape index (κ1) is 29.6. The predicted molar refractivity (Wildman–Crippen MR) is 143 cm³/mol. The van der Waals surface area contributed by atoms with E-state index in [4.69, 9.17) is 23.2 Å². The van der Waals surface area contributed by atoms with Crippen molar-refractivity contribution < 1.29 is 22.8 Å². The van der Waals surface area contributed by atoms with E-state index >= 15 is 0 Å². The van der Waals surface area contributed by atoms with Crippen molar-refractivity contribution >= 4 is 56.5 Å². The maximum absolute atomic E-state index is 13.6. The fourth-order valence-corrected chi connectivity index (χ4v) is 4.55. The van der Waals surface area contributed by atoms with Crippen molar-refractivity contribution in [2.24, 2.45) is 0 Å². The van der Waals surface area contributed by atoms with E-state index in [-0.39, 0.29) is 23.0 Å². The number of nitrogens with zero attached hydrogens (tertiary/aromatic N) is 2. The summed E-state index contributed by atoms with van der Waals surface area (Å²) in [4.78, 5) is 39.7. The highest BCUT2D eigenvalue weighted by Gasteiger charge is 2.31. The first-order valence-electron chi connectivity index (χ1n) is 11.1. The molecule has 2 amide bonds. The molecule has 1 atom stereocenters. The molecule has 2 aromatic rings. The molecule has 2 rings (SSSR count). The van der Waals surface area contributed by atoms with Crippen molar-refractivity contribution in [1.82, 2.24) is 10.2 Å². The zero-order chi connectivity index (χ0) is 27.4. The molecule has 0 aliphatic carbocycles. The number of anilines is 1. The van der Waals surface area contributed by atoms with Crippen molar-refractivity contribution in [2.45, 2.75) is 52.7 Å². The van der Waals surface area contributed by atoms with Crippen molar-refractivity contribution in [1.29, 1.82) is 0 Å². The van der Waals surface area contributed by atoms with E-state index in [1.807, 2.05) is 20.8 Å². The third-order valence-corrected chi connectivity index (χ3v) is 7.10. The van der Waals surface area contributed by atoms with Crippen LogP contribution in [0.2, 0.25) is 10.0 Å². The molecule has 0 unspecified atom stereocenters. The normalized spacial score (nSPS) is 12.6. The first-order valence-corrected chi connectivity index (χ1v) is 13.7. The zero-order valence-corrected chi connectivity index (χ0v) is 23.5. The van der Waals surface area contributed by atoms with E-state index in [0.29, 0.717) is 16.1 Å². The molecule has 196 valence electrons. The van der Waals surface area contributed by atoms with Crippen LogP contribution in [0, 0.1) is 0 Å². The summed E-state index contributed by atoms with van der Waals surface area (Å²) in [6.45, 7) is 7.79. The van der Waals surface area contributed by atoms with Gasteiger partial charge in [0.1, 0.15) is 12.6 Å². The highest BCUT2D eigenvalue weighted by atomic mass is 35.5. The standard InChI is InChI=1S/C25H31Cl2N3O5S/c1-16(24(33)28-25(3,4)5)29(14-18-10-11-21(26)22(27)12-18)23(32)15-30(36(6,34)35)20-9-7-8-19(13-20)17(2)31/h7-13,16H,14-15H2,1-6H3,(H,28,33)/t16-/m1/s1. The third kappa shape index (κ3) is 8.21. The Morgan fingerprint density at radius 3 is 2.19 bits per heavy atom. The minimum atomic E-state index is -3.91. The van der Waals surface area contributed by atoms with Crippen LogP contribution in [0.3, 0.4) is 0 Å². The highest BCUT2D eigenvalue weighted by Crippen LogP contribution is 2.25. The summed E-state index contributed by atoms with van der Waals surface area (Å²) < 4.78 is 26.2. The molecule has 0 saturated heterocycles. The van der Waals surface area contributed by atoms with Gasteiger partial charge in [-0.2, -0.15) is 0 Å². The smallest absolute Gasteiger partial charge is 0.244 e. The van der Waals surface area contributed by atoms with Gasteiger partial charge in [-0.15, -0.1) is 0 Å². The molecule has 11 heteroatoms. The predicted octanol–water partition coefficient (Wildman–Crippen LogP) is 4.29. The number of halogens is 2. The second-order valence-corrected chi connectivity index (χ2v) is 12.3. The van der Waals surface area contributed by atoms with E-state index in [1.54, 1.807) is 37.3 Å². The second-order valence-electron chi connectivity index (χ2n) is 9.56.